The van der Waals surface area contributed by atoms with Crippen LogP contribution in [0, 0.1) is 12.8 Å². The van der Waals surface area contributed by atoms with Gasteiger partial charge in [-0.3, -0.25) is 4.68 Å². The molecular weight excluding hydrogens is 222 g/mol. The lowest BCUT2D eigenvalue weighted by Gasteiger charge is -2.06. The molecule has 0 atom stereocenters. The van der Waals surface area contributed by atoms with Gasteiger partial charge in [-0.15, -0.1) is 12.4 Å². The van der Waals surface area contributed by atoms with Gasteiger partial charge >= 0.3 is 0 Å². The zero-order valence-corrected chi connectivity index (χ0v) is 11.6. The molecule has 4 heteroatoms. The average Bonchev–Trinajstić information content (AvgIpc) is 2.47. The van der Waals surface area contributed by atoms with Crippen molar-refractivity contribution in [1.29, 1.82) is 0 Å². The van der Waals surface area contributed by atoms with Gasteiger partial charge in [0, 0.05) is 24.8 Å². The van der Waals surface area contributed by atoms with E-state index in [1.54, 1.807) is 0 Å². The van der Waals surface area contributed by atoms with Gasteiger partial charge in [-0.25, -0.2) is 0 Å². The molecule has 3 nitrogen and oxygen atoms in total. The van der Waals surface area contributed by atoms with Crippen molar-refractivity contribution in [3.63, 3.8) is 0 Å². The topological polar surface area (TPSA) is 29.9 Å². The van der Waals surface area contributed by atoms with Crippen LogP contribution in [0.3, 0.4) is 0 Å². The first-order valence-corrected chi connectivity index (χ1v) is 5.91. The Morgan fingerprint density at radius 2 is 2.12 bits per heavy atom. The predicted octanol–water partition coefficient (Wildman–Crippen LogP) is 3.48. The first kappa shape index (κ1) is 15.3. The molecule has 0 aliphatic carbocycles. The molecule has 1 aromatic rings. The van der Waals surface area contributed by atoms with Crippen molar-refractivity contribution in [3.8, 4) is 0 Å². The molecule has 1 aromatic heterocycles. The van der Waals surface area contributed by atoms with Gasteiger partial charge in [0.25, 0.3) is 0 Å². The van der Waals surface area contributed by atoms with Gasteiger partial charge in [-0.05, 0) is 19.3 Å². The molecule has 0 radical (unpaired) electrons. The van der Waals surface area contributed by atoms with Crippen LogP contribution in [0.5, 0.6) is 0 Å². The highest BCUT2D eigenvalue weighted by Gasteiger charge is 2.04. The lowest BCUT2D eigenvalue weighted by Crippen LogP contribution is -2.08. The Morgan fingerprint density at radius 1 is 1.44 bits per heavy atom. The minimum Gasteiger partial charge on any atom is -0.369 e. The molecule has 0 aliphatic rings. The summed E-state index contributed by atoms with van der Waals surface area (Å²) in [6.07, 6.45) is 2.43. The van der Waals surface area contributed by atoms with Crippen LogP contribution in [0.1, 0.15) is 39.3 Å². The molecule has 0 aliphatic heterocycles. The van der Waals surface area contributed by atoms with Crippen molar-refractivity contribution < 1.29 is 0 Å². The van der Waals surface area contributed by atoms with E-state index in [0.29, 0.717) is 5.92 Å². The summed E-state index contributed by atoms with van der Waals surface area (Å²) in [6.45, 7) is 10.8. The number of rotatable bonds is 6. The second-order valence-corrected chi connectivity index (χ2v) is 4.53. The quantitative estimate of drug-likeness (QED) is 0.778. The van der Waals surface area contributed by atoms with Crippen LogP contribution >= 0.6 is 12.4 Å². The number of unbranched alkanes of at least 4 members (excludes halogenated alkanes) is 1. The van der Waals surface area contributed by atoms with Crippen LogP contribution in [0.25, 0.3) is 0 Å². The first-order valence-electron chi connectivity index (χ1n) is 5.91. The molecule has 0 spiro atoms. The van der Waals surface area contributed by atoms with E-state index in [2.05, 4.69) is 48.9 Å². The summed E-state index contributed by atoms with van der Waals surface area (Å²) in [5.74, 6) is 1.66. The lowest BCUT2D eigenvalue weighted by atomic mass is 10.2. The van der Waals surface area contributed by atoms with E-state index in [4.69, 9.17) is 0 Å². The molecule has 0 saturated carbocycles. The monoisotopic (exact) mass is 245 g/mol. The number of aromatic nitrogens is 2. The van der Waals surface area contributed by atoms with Gasteiger partial charge in [0.1, 0.15) is 5.82 Å². The van der Waals surface area contributed by atoms with Gasteiger partial charge in [0.15, 0.2) is 0 Å². The van der Waals surface area contributed by atoms with E-state index in [1.165, 1.54) is 18.5 Å². The van der Waals surface area contributed by atoms with Crippen molar-refractivity contribution in [1.82, 2.24) is 9.78 Å². The highest BCUT2D eigenvalue weighted by molar-refractivity contribution is 5.85. The van der Waals surface area contributed by atoms with Gasteiger partial charge in [0.2, 0.25) is 0 Å². The van der Waals surface area contributed by atoms with Gasteiger partial charge in [-0.1, -0.05) is 27.2 Å². The van der Waals surface area contributed by atoms with Gasteiger partial charge in [0.05, 0.1) is 0 Å². The molecular formula is C12H24ClN3. The summed E-state index contributed by atoms with van der Waals surface area (Å²) >= 11 is 0. The van der Waals surface area contributed by atoms with Crippen molar-refractivity contribution in [3.05, 3.63) is 11.8 Å². The Balaban J connectivity index is 0.00000225. The van der Waals surface area contributed by atoms with Crippen LogP contribution in [0.2, 0.25) is 0 Å². The normalized spacial score (nSPS) is 10.3. The van der Waals surface area contributed by atoms with Crippen LogP contribution < -0.4 is 5.32 Å². The van der Waals surface area contributed by atoms with Crippen LogP contribution in [-0.2, 0) is 6.54 Å². The maximum atomic E-state index is 4.53. The number of nitrogens with zero attached hydrogens (tertiary/aromatic N) is 2. The number of anilines is 1. The largest absolute Gasteiger partial charge is 0.369 e. The van der Waals surface area contributed by atoms with E-state index >= 15 is 0 Å². The van der Waals surface area contributed by atoms with Crippen LogP contribution in [-0.4, -0.2) is 16.3 Å². The van der Waals surface area contributed by atoms with Crippen molar-refractivity contribution in [2.45, 2.75) is 47.1 Å². The zero-order chi connectivity index (χ0) is 11.3. The SMILES string of the molecule is CCCCNc1cc(C)n(CC(C)C)n1.Cl. The maximum Gasteiger partial charge on any atom is 0.148 e. The third-order valence-corrected chi connectivity index (χ3v) is 2.36. The van der Waals surface area contributed by atoms with E-state index in [-0.39, 0.29) is 12.4 Å². The number of nitrogens with one attached hydrogen (secondary N) is 1. The summed E-state index contributed by atoms with van der Waals surface area (Å²) in [5, 5.41) is 7.88. The van der Waals surface area contributed by atoms with Crippen LogP contribution in [0.4, 0.5) is 5.82 Å². The highest BCUT2D eigenvalue weighted by Crippen LogP contribution is 2.10. The minimum atomic E-state index is 0. The summed E-state index contributed by atoms with van der Waals surface area (Å²) < 4.78 is 2.08. The average molecular weight is 246 g/mol. The van der Waals surface area contributed by atoms with E-state index in [9.17, 15) is 0 Å². The van der Waals surface area contributed by atoms with Crippen molar-refractivity contribution in [2.75, 3.05) is 11.9 Å². The van der Waals surface area contributed by atoms with E-state index in [0.717, 1.165) is 18.9 Å². The van der Waals surface area contributed by atoms with Gasteiger partial charge in [-0.2, -0.15) is 5.10 Å². The molecule has 16 heavy (non-hydrogen) atoms. The fraction of sp³-hybridized carbons (Fsp3) is 0.750. The summed E-state index contributed by atoms with van der Waals surface area (Å²) in [6, 6.07) is 2.12. The molecule has 94 valence electrons. The number of aryl methyl sites for hydroxylation is 1. The lowest BCUT2D eigenvalue weighted by molar-refractivity contribution is 0.475. The molecule has 0 bridgehead atoms. The Hall–Kier alpha value is -0.700. The van der Waals surface area contributed by atoms with E-state index in [1.807, 2.05) is 0 Å². The Labute approximate surface area is 105 Å². The number of hydrogen-bond donors (Lipinski definition) is 1. The fourth-order valence-electron chi connectivity index (χ4n) is 1.52. The highest BCUT2D eigenvalue weighted by atomic mass is 35.5. The summed E-state index contributed by atoms with van der Waals surface area (Å²) in [5.41, 5.74) is 1.24. The molecule has 0 fully saturated rings. The van der Waals surface area contributed by atoms with Crippen molar-refractivity contribution in [2.24, 2.45) is 5.92 Å². The molecule has 1 N–H and O–H groups in total. The number of hydrogen-bond acceptors (Lipinski definition) is 2. The summed E-state index contributed by atoms with van der Waals surface area (Å²) in [7, 11) is 0. The Kier molecular flexibility index (Phi) is 7.22. The van der Waals surface area contributed by atoms with E-state index < -0.39 is 0 Å². The smallest absolute Gasteiger partial charge is 0.148 e. The second kappa shape index (κ2) is 7.55. The predicted molar refractivity (Wildman–Crippen MR) is 72.4 cm³/mol. The summed E-state index contributed by atoms with van der Waals surface area (Å²) in [4.78, 5) is 0. The Morgan fingerprint density at radius 3 is 2.69 bits per heavy atom. The maximum absolute atomic E-state index is 4.53. The zero-order valence-electron chi connectivity index (χ0n) is 10.8. The van der Waals surface area contributed by atoms with Crippen LogP contribution in [0.15, 0.2) is 6.07 Å². The third-order valence-electron chi connectivity index (χ3n) is 2.36. The molecule has 1 rings (SSSR count). The molecule has 0 unspecified atom stereocenters. The molecule has 0 amide bonds. The fourth-order valence-corrected chi connectivity index (χ4v) is 1.52. The molecule has 0 aromatic carbocycles. The first-order chi connectivity index (χ1) is 7.13. The Bertz CT molecular complexity index is 294. The third kappa shape index (κ3) is 4.88. The minimum absolute atomic E-state index is 0. The van der Waals surface area contributed by atoms with Crippen molar-refractivity contribution >= 4 is 18.2 Å². The second-order valence-electron chi connectivity index (χ2n) is 4.53. The molecule has 0 saturated heterocycles. The molecule has 1 heterocycles. The standard InChI is InChI=1S/C12H23N3.ClH/c1-5-6-7-13-12-8-11(4)15(14-12)9-10(2)3;/h8,10H,5-7,9H2,1-4H3,(H,13,14);1H. The number of halogens is 1. The van der Waals surface area contributed by atoms with Gasteiger partial charge < -0.3 is 5.32 Å².